The van der Waals surface area contributed by atoms with Gasteiger partial charge >= 0.3 is 17.6 Å². The van der Waals surface area contributed by atoms with Crippen molar-refractivity contribution in [1.29, 1.82) is 0 Å². The Bertz CT molecular complexity index is 2670. The van der Waals surface area contributed by atoms with Crippen LogP contribution in [0.4, 0.5) is 0 Å². The molecule has 0 radical (unpaired) electrons. The average molecular weight is 857 g/mol. The summed E-state index contributed by atoms with van der Waals surface area (Å²) < 4.78 is 26.5. The van der Waals surface area contributed by atoms with Gasteiger partial charge in [-0.05, 0) is 142 Å². The minimum Gasteiger partial charge on any atom is -0.483 e. The number of fused-ring (bicyclic) bond motifs is 13. The van der Waals surface area contributed by atoms with E-state index in [1.165, 1.54) is 22.3 Å². The summed E-state index contributed by atoms with van der Waals surface area (Å²) in [6.45, 7) is 9.70. The summed E-state index contributed by atoms with van der Waals surface area (Å²) in [5.41, 5.74) is 8.22. The summed E-state index contributed by atoms with van der Waals surface area (Å²) in [6.07, 6.45) is 4.13. The Morgan fingerprint density at radius 1 is 0.703 bits per heavy atom. The lowest BCUT2D eigenvalue weighted by Gasteiger charge is -2.45. The average Bonchev–Trinajstić information content (AvgIpc) is 3.27. The van der Waals surface area contributed by atoms with Crippen LogP contribution in [0.1, 0.15) is 123 Å². The standard InChI is InChI=1S/C57H60O7/c1-37(2)47-29-27-40-21-23-43(24-22-40)34-45(26-25-42-18-12-19-44(33-42)32-41-16-10-7-11-17-41)35-50(58)61-53-51-49(30-28-46-36-48(38(3)4)56(60)62-52(46)51)64-57(5,54(53)63-55(47)59)31-13-20-39-14-8-6-9-15-39/h6-12,14-19,21-24,28,30,33,36,38,45,53-54H,13,20,25-27,29,31-32,34-35H2,1-5H3/t45-,53+,54-,57-/m0/s1. The summed E-state index contributed by atoms with van der Waals surface area (Å²) in [5, 5.41) is 0.673. The van der Waals surface area contributed by atoms with E-state index in [1.807, 2.05) is 77.1 Å². The van der Waals surface area contributed by atoms with E-state index in [0.717, 1.165) is 42.4 Å². The number of carbonyl (C=O) groups excluding carboxylic acids is 2. The molecule has 2 bridgehead atoms. The Hall–Kier alpha value is -6.21. The fraction of sp³-hybridized carbons (Fsp3) is 0.351. The van der Waals surface area contributed by atoms with Crippen molar-refractivity contribution in [1.82, 2.24) is 0 Å². The summed E-state index contributed by atoms with van der Waals surface area (Å²) in [5.74, 6) is -0.594. The second kappa shape index (κ2) is 19.7. The van der Waals surface area contributed by atoms with Crippen LogP contribution in [0.25, 0.3) is 11.0 Å². The lowest BCUT2D eigenvalue weighted by molar-refractivity contribution is -0.192. The summed E-state index contributed by atoms with van der Waals surface area (Å²) >= 11 is 0. The molecule has 4 atom stereocenters. The number of allylic oxidation sites excluding steroid dienone is 1. The van der Waals surface area contributed by atoms with Crippen LogP contribution in [0.15, 0.2) is 148 Å². The van der Waals surface area contributed by atoms with Crippen molar-refractivity contribution >= 4 is 22.9 Å². The third-order valence-electron chi connectivity index (χ3n) is 13.1. The number of benzene rings is 5. The van der Waals surface area contributed by atoms with Gasteiger partial charge in [-0.2, -0.15) is 0 Å². The highest BCUT2D eigenvalue weighted by Gasteiger charge is 2.52. The largest absolute Gasteiger partial charge is 0.483 e. The first-order valence-electron chi connectivity index (χ1n) is 23.0. The maximum Gasteiger partial charge on any atom is 0.339 e. The summed E-state index contributed by atoms with van der Waals surface area (Å²) in [4.78, 5) is 43.0. The van der Waals surface area contributed by atoms with Crippen molar-refractivity contribution < 1.29 is 28.2 Å². The third kappa shape index (κ3) is 10.4. The molecule has 0 spiro atoms. The van der Waals surface area contributed by atoms with E-state index in [4.69, 9.17) is 18.6 Å². The molecule has 1 aromatic heterocycles. The molecule has 0 saturated heterocycles. The van der Waals surface area contributed by atoms with E-state index < -0.39 is 35.4 Å². The zero-order valence-corrected chi connectivity index (χ0v) is 37.9. The van der Waals surface area contributed by atoms with Gasteiger partial charge in [0.15, 0.2) is 12.2 Å². The normalized spacial score (nSPS) is 20.3. The third-order valence-corrected chi connectivity index (χ3v) is 13.1. The van der Waals surface area contributed by atoms with Crippen LogP contribution in [0.2, 0.25) is 0 Å². The van der Waals surface area contributed by atoms with Crippen LogP contribution < -0.4 is 10.4 Å². The van der Waals surface area contributed by atoms with Gasteiger partial charge in [0, 0.05) is 22.9 Å². The quantitative estimate of drug-likeness (QED) is 0.0769. The zero-order valence-electron chi connectivity index (χ0n) is 37.9. The number of rotatable bonds is 10. The van der Waals surface area contributed by atoms with Gasteiger partial charge in [0.1, 0.15) is 16.9 Å². The van der Waals surface area contributed by atoms with Crippen LogP contribution in [-0.2, 0) is 51.2 Å². The Kier molecular flexibility index (Phi) is 13.6. The molecule has 0 aliphatic carbocycles. The van der Waals surface area contributed by atoms with Crippen LogP contribution in [-0.4, -0.2) is 23.6 Å². The molecule has 0 N–H and O–H groups in total. The van der Waals surface area contributed by atoms with Gasteiger partial charge in [-0.25, -0.2) is 9.59 Å². The van der Waals surface area contributed by atoms with Gasteiger partial charge in [-0.1, -0.05) is 129 Å². The van der Waals surface area contributed by atoms with E-state index in [-0.39, 0.29) is 23.8 Å². The van der Waals surface area contributed by atoms with Gasteiger partial charge in [0.2, 0.25) is 0 Å². The molecule has 4 heterocycles. The first-order chi connectivity index (χ1) is 30.9. The fourth-order valence-corrected chi connectivity index (χ4v) is 9.52. The molecule has 9 rings (SSSR count). The fourth-order valence-electron chi connectivity index (χ4n) is 9.52. The van der Waals surface area contributed by atoms with Crippen molar-refractivity contribution in [2.45, 2.75) is 123 Å². The monoisotopic (exact) mass is 856 g/mol. The Morgan fingerprint density at radius 3 is 2.11 bits per heavy atom. The Balaban J connectivity index is 1.18. The topological polar surface area (TPSA) is 92.0 Å². The van der Waals surface area contributed by atoms with Gasteiger partial charge in [0.25, 0.3) is 0 Å². The zero-order chi connectivity index (χ0) is 44.8. The molecule has 0 amide bonds. The maximum atomic E-state index is 14.8. The van der Waals surface area contributed by atoms with Gasteiger partial charge in [-0.3, -0.25) is 4.79 Å². The smallest absolute Gasteiger partial charge is 0.339 e. The molecule has 0 saturated carbocycles. The van der Waals surface area contributed by atoms with Gasteiger partial charge < -0.3 is 18.6 Å². The number of aryl methyl sites for hydroxylation is 3. The molecule has 5 aromatic carbocycles. The van der Waals surface area contributed by atoms with Crippen molar-refractivity contribution in [3.05, 3.63) is 193 Å². The molecule has 0 fully saturated rings. The van der Waals surface area contributed by atoms with E-state index in [1.54, 1.807) is 0 Å². The maximum absolute atomic E-state index is 14.8. The lowest BCUT2D eigenvalue weighted by atomic mass is 9.82. The summed E-state index contributed by atoms with van der Waals surface area (Å²) in [7, 11) is 0. The van der Waals surface area contributed by atoms with Gasteiger partial charge in [-0.15, -0.1) is 0 Å². The second-order valence-corrected chi connectivity index (χ2v) is 18.6. The molecule has 64 heavy (non-hydrogen) atoms. The van der Waals surface area contributed by atoms with Crippen molar-refractivity contribution in [3.8, 4) is 5.75 Å². The second-order valence-electron chi connectivity index (χ2n) is 18.6. The minimum absolute atomic E-state index is 0.0575. The number of hydrogen-bond donors (Lipinski definition) is 0. The number of esters is 2. The van der Waals surface area contributed by atoms with Gasteiger partial charge in [0.05, 0.1) is 5.56 Å². The van der Waals surface area contributed by atoms with Crippen molar-refractivity contribution in [2.24, 2.45) is 5.92 Å². The van der Waals surface area contributed by atoms with Crippen LogP contribution >= 0.6 is 0 Å². The molecular weight excluding hydrogens is 797 g/mol. The highest BCUT2D eigenvalue weighted by molar-refractivity contribution is 5.90. The first-order valence-corrected chi connectivity index (χ1v) is 23.0. The SMILES string of the molecule is CC(C)=C1CCc2ccc(cc2)C[C@H](CCc2cccc(Cc3ccccc3)c2)CC(=O)O[C@@H]2c3c(ccc4cc(C(C)C)c(=O)oc34)O[C@@](C)(CCCc3ccccc3)[C@H]2OC1=O. The molecule has 330 valence electrons. The van der Waals surface area contributed by atoms with Crippen molar-refractivity contribution in [3.63, 3.8) is 0 Å². The number of hydrogen-bond acceptors (Lipinski definition) is 7. The van der Waals surface area contributed by atoms with Crippen molar-refractivity contribution in [2.75, 3.05) is 0 Å². The number of carbonyl (C=O) groups is 2. The number of ether oxygens (including phenoxy) is 3. The van der Waals surface area contributed by atoms with E-state index in [2.05, 4.69) is 84.9 Å². The highest BCUT2D eigenvalue weighted by atomic mass is 16.6. The van der Waals surface area contributed by atoms with Crippen LogP contribution in [0.5, 0.6) is 5.75 Å². The van der Waals surface area contributed by atoms with Crippen LogP contribution in [0.3, 0.4) is 0 Å². The Morgan fingerprint density at radius 2 is 1.39 bits per heavy atom. The molecule has 7 heteroatoms. The van der Waals surface area contributed by atoms with E-state index in [9.17, 15) is 14.4 Å². The molecule has 7 nitrogen and oxygen atoms in total. The van der Waals surface area contributed by atoms with Crippen LogP contribution in [0, 0.1) is 5.92 Å². The molecule has 0 unspecified atom stereocenters. The lowest BCUT2D eigenvalue weighted by Crippen LogP contribution is -2.54. The highest BCUT2D eigenvalue weighted by Crippen LogP contribution is 2.49. The molecule has 6 aromatic rings. The molecule has 3 aliphatic rings. The Labute approximate surface area is 377 Å². The molecular formula is C57H60O7. The van der Waals surface area contributed by atoms with E-state index >= 15 is 0 Å². The predicted octanol–water partition coefficient (Wildman–Crippen LogP) is 12.3. The predicted molar refractivity (Wildman–Crippen MR) is 253 cm³/mol. The molecule has 3 aliphatic heterocycles. The summed E-state index contributed by atoms with van der Waals surface area (Å²) in [6, 6.07) is 43.6. The van der Waals surface area contributed by atoms with E-state index in [0.29, 0.717) is 59.9 Å². The first kappa shape index (κ1) is 44.4. The minimum atomic E-state index is -1.13.